The lowest BCUT2D eigenvalue weighted by Gasteiger charge is -2.41. The van der Waals surface area contributed by atoms with E-state index in [0.717, 1.165) is 35.1 Å². The van der Waals surface area contributed by atoms with Gasteiger partial charge in [-0.25, -0.2) is 4.79 Å². The van der Waals surface area contributed by atoms with Crippen molar-refractivity contribution in [3.05, 3.63) is 59.7 Å². The molecule has 2 aromatic rings. The largest absolute Gasteiger partial charge is 0.480 e. The van der Waals surface area contributed by atoms with Gasteiger partial charge in [-0.3, -0.25) is 9.59 Å². The Morgan fingerprint density at radius 1 is 1.06 bits per heavy atom. The van der Waals surface area contributed by atoms with E-state index in [-0.39, 0.29) is 18.4 Å². The summed E-state index contributed by atoms with van der Waals surface area (Å²) in [7, 11) is 0. The summed E-state index contributed by atoms with van der Waals surface area (Å²) < 4.78 is 5.68. The number of hydrogen-bond acceptors (Lipinski definition) is 4. The second kappa shape index (κ2) is 9.25. The molecule has 1 saturated carbocycles. The van der Waals surface area contributed by atoms with E-state index in [4.69, 9.17) is 9.84 Å². The fourth-order valence-corrected chi connectivity index (χ4v) is 5.15. The van der Waals surface area contributed by atoms with Gasteiger partial charge in [-0.05, 0) is 48.9 Å². The van der Waals surface area contributed by atoms with Gasteiger partial charge in [0, 0.05) is 5.92 Å². The van der Waals surface area contributed by atoms with Crippen LogP contribution in [0.25, 0.3) is 11.1 Å². The maximum atomic E-state index is 12.8. The van der Waals surface area contributed by atoms with Crippen molar-refractivity contribution in [3.63, 3.8) is 0 Å². The second-order valence-electron chi connectivity index (χ2n) is 9.23. The zero-order chi connectivity index (χ0) is 23.6. The summed E-state index contributed by atoms with van der Waals surface area (Å²) in [5.74, 6) is -2.01. The van der Waals surface area contributed by atoms with Crippen molar-refractivity contribution in [1.29, 1.82) is 0 Å². The summed E-state index contributed by atoms with van der Waals surface area (Å²) in [5, 5.41) is 14.6. The number of benzene rings is 2. The number of aliphatic carboxylic acids is 1. The molecule has 174 valence electrons. The van der Waals surface area contributed by atoms with E-state index in [1.54, 1.807) is 0 Å². The predicted molar refractivity (Wildman–Crippen MR) is 124 cm³/mol. The van der Waals surface area contributed by atoms with E-state index in [1.165, 1.54) is 6.92 Å². The van der Waals surface area contributed by atoms with Crippen molar-refractivity contribution >= 4 is 18.0 Å². The molecule has 2 aromatic carbocycles. The normalized spacial score (nSPS) is 22.5. The quantitative estimate of drug-likeness (QED) is 0.616. The third-order valence-corrected chi connectivity index (χ3v) is 6.98. The second-order valence-corrected chi connectivity index (χ2v) is 9.23. The maximum Gasteiger partial charge on any atom is 0.407 e. The number of nitrogens with one attached hydrogen (secondary N) is 2. The van der Waals surface area contributed by atoms with Gasteiger partial charge in [-0.2, -0.15) is 0 Å². The first-order valence-corrected chi connectivity index (χ1v) is 11.5. The maximum absolute atomic E-state index is 12.8. The molecule has 2 unspecified atom stereocenters. The van der Waals surface area contributed by atoms with Gasteiger partial charge in [0.1, 0.15) is 12.6 Å². The number of hydrogen-bond donors (Lipinski definition) is 3. The summed E-state index contributed by atoms with van der Waals surface area (Å²) in [5.41, 5.74) is 3.78. The summed E-state index contributed by atoms with van der Waals surface area (Å²) in [6, 6.07) is 15.3. The van der Waals surface area contributed by atoms with Crippen molar-refractivity contribution in [2.45, 2.75) is 57.0 Å². The highest BCUT2D eigenvalue weighted by Gasteiger charge is 2.43. The van der Waals surface area contributed by atoms with Crippen LogP contribution in [-0.2, 0) is 14.3 Å². The Morgan fingerprint density at radius 3 is 2.27 bits per heavy atom. The minimum absolute atomic E-state index is 0.0437. The first kappa shape index (κ1) is 22.8. The molecule has 1 fully saturated rings. The van der Waals surface area contributed by atoms with Gasteiger partial charge in [-0.1, -0.05) is 61.4 Å². The molecule has 0 aromatic heterocycles. The van der Waals surface area contributed by atoms with Crippen LogP contribution in [0.15, 0.2) is 48.5 Å². The molecule has 33 heavy (non-hydrogen) atoms. The average molecular weight is 451 g/mol. The number of carboxylic acid groups (broad SMARTS) is 1. The lowest BCUT2D eigenvalue weighted by molar-refractivity contribution is -0.142. The standard InChI is InChI=1S/C26H30N2O5/c1-16(24(30)31)27-23(29)22-13-7-8-14-26(22,2)28-25(32)33-15-21-19-11-5-3-9-17(19)18-10-4-6-12-20(18)21/h3-6,9-12,16,21-22H,7-8,13-15H2,1-2H3,(H,27,29)(H,28,32)(H,30,31)/t16-,22?,26?/m1/s1. The molecule has 0 aliphatic heterocycles. The molecule has 2 amide bonds. The predicted octanol–water partition coefficient (Wildman–Crippen LogP) is 4.06. The van der Waals surface area contributed by atoms with Crippen LogP contribution in [0.4, 0.5) is 4.79 Å². The topological polar surface area (TPSA) is 105 Å². The first-order chi connectivity index (χ1) is 15.8. The Labute approximate surface area is 193 Å². The van der Waals surface area contributed by atoms with Gasteiger partial charge in [0.2, 0.25) is 5.91 Å². The molecule has 2 aliphatic carbocycles. The number of carboxylic acids is 1. The smallest absolute Gasteiger partial charge is 0.407 e. The van der Waals surface area contributed by atoms with Crippen LogP contribution >= 0.6 is 0 Å². The lowest BCUT2D eigenvalue weighted by Crippen LogP contribution is -2.58. The Kier molecular flexibility index (Phi) is 6.40. The van der Waals surface area contributed by atoms with E-state index in [1.807, 2.05) is 31.2 Å². The number of rotatable bonds is 6. The van der Waals surface area contributed by atoms with Crippen LogP contribution < -0.4 is 10.6 Å². The number of carbonyl (C=O) groups is 3. The number of fused-ring (bicyclic) bond motifs is 3. The molecule has 4 rings (SSSR count). The van der Waals surface area contributed by atoms with Gasteiger partial charge >= 0.3 is 12.1 Å². The highest BCUT2D eigenvalue weighted by atomic mass is 16.5. The van der Waals surface area contributed by atoms with Gasteiger partial charge in [-0.15, -0.1) is 0 Å². The van der Waals surface area contributed by atoms with Crippen LogP contribution in [0.2, 0.25) is 0 Å². The van der Waals surface area contributed by atoms with Crippen LogP contribution in [0, 0.1) is 5.92 Å². The lowest BCUT2D eigenvalue weighted by atomic mass is 9.73. The fourth-order valence-electron chi connectivity index (χ4n) is 5.15. The van der Waals surface area contributed by atoms with Crippen molar-refractivity contribution < 1.29 is 24.2 Å². The highest BCUT2D eigenvalue weighted by molar-refractivity contribution is 5.86. The molecule has 3 atom stereocenters. The molecule has 0 saturated heterocycles. The Balaban J connectivity index is 1.44. The highest BCUT2D eigenvalue weighted by Crippen LogP contribution is 2.44. The van der Waals surface area contributed by atoms with Crippen LogP contribution in [0.3, 0.4) is 0 Å². The van der Waals surface area contributed by atoms with Gasteiger partial charge in [0.25, 0.3) is 0 Å². The van der Waals surface area contributed by atoms with Crippen molar-refractivity contribution in [2.75, 3.05) is 6.61 Å². The van der Waals surface area contributed by atoms with Gasteiger partial charge in [0.15, 0.2) is 0 Å². The number of amides is 2. The first-order valence-electron chi connectivity index (χ1n) is 11.5. The summed E-state index contributed by atoms with van der Waals surface area (Å²) >= 11 is 0. The molecule has 7 nitrogen and oxygen atoms in total. The third kappa shape index (κ3) is 4.58. The van der Waals surface area contributed by atoms with E-state index in [9.17, 15) is 14.4 Å². The van der Waals surface area contributed by atoms with Crippen molar-refractivity contribution in [2.24, 2.45) is 5.92 Å². The van der Waals surface area contributed by atoms with Gasteiger partial charge in [0.05, 0.1) is 11.5 Å². The summed E-state index contributed by atoms with van der Waals surface area (Å²) in [6.07, 6.45) is 2.36. The minimum atomic E-state index is -1.09. The van der Waals surface area contributed by atoms with E-state index in [0.29, 0.717) is 12.8 Å². The molecular formula is C26H30N2O5. The van der Waals surface area contributed by atoms with E-state index < -0.39 is 29.6 Å². The Morgan fingerprint density at radius 2 is 1.67 bits per heavy atom. The molecular weight excluding hydrogens is 420 g/mol. The number of carbonyl (C=O) groups excluding carboxylic acids is 2. The summed E-state index contributed by atoms with van der Waals surface area (Å²) in [4.78, 5) is 36.8. The van der Waals surface area contributed by atoms with Crippen LogP contribution in [0.5, 0.6) is 0 Å². The fraction of sp³-hybridized carbons (Fsp3) is 0.423. The monoisotopic (exact) mass is 450 g/mol. The molecule has 0 radical (unpaired) electrons. The molecule has 2 aliphatic rings. The molecule has 0 heterocycles. The number of ether oxygens (including phenoxy) is 1. The average Bonchev–Trinajstić information content (AvgIpc) is 3.11. The van der Waals surface area contributed by atoms with Crippen molar-refractivity contribution in [1.82, 2.24) is 10.6 Å². The van der Waals surface area contributed by atoms with Gasteiger partial charge < -0.3 is 20.5 Å². The van der Waals surface area contributed by atoms with Crippen LogP contribution in [0.1, 0.15) is 56.6 Å². The number of alkyl carbamates (subject to hydrolysis) is 1. The Hall–Kier alpha value is -3.35. The molecule has 0 spiro atoms. The molecule has 3 N–H and O–H groups in total. The molecule has 7 heteroatoms. The van der Waals surface area contributed by atoms with Crippen molar-refractivity contribution in [3.8, 4) is 11.1 Å². The zero-order valence-corrected chi connectivity index (χ0v) is 19.0. The minimum Gasteiger partial charge on any atom is -0.480 e. The zero-order valence-electron chi connectivity index (χ0n) is 19.0. The third-order valence-electron chi connectivity index (χ3n) is 6.98. The van der Waals surface area contributed by atoms with Crippen LogP contribution in [-0.4, -0.2) is 41.3 Å². The molecule has 0 bridgehead atoms. The van der Waals surface area contributed by atoms with E-state index in [2.05, 4.69) is 34.9 Å². The summed E-state index contributed by atoms with van der Waals surface area (Å²) in [6.45, 7) is 3.46. The Bertz CT molecular complexity index is 1020. The van der Waals surface area contributed by atoms with E-state index >= 15 is 0 Å². The SMILES string of the molecule is C[C@@H](NC(=O)C1CCCCC1(C)NC(=O)OCC1c2ccccc2-c2ccccc21)C(=O)O.